The largest absolute Gasteiger partial charge is 0.388 e. The van der Waals surface area contributed by atoms with Gasteiger partial charge in [-0.1, -0.05) is 32.9 Å². The van der Waals surface area contributed by atoms with Gasteiger partial charge >= 0.3 is 0 Å². The number of rotatable bonds is 4. The van der Waals surface area contributed by atoms with Crippen LogP contribution in [-0.2, 0) is 4.79 Å². The van der Waals surface area contributed by atoms with Crippen molar-refractivity contribution < 1.29 is 9.90 Å². The van der Waals surface area contributed by atoms with Crippen LogP contribution in [0.4, 0.5) is 0 Å². The maximum absolute atomic E-state index is 11.4. The van der Waals surface area contributed by atoms with Gasteiger partial charge in [-0.05, 0) is 6.92 Å². The Kier molecular flexibility index (Phi) is 4.18. The molecule has 0 saturated carbocycles. The number of ketones is 1. The normalized spacial score (nSPS) is 15.8. The number of hydrogen-bond donors (Lipinski definition) is 1. The molecule has 70 valence electrons. The fourth-order valence-electron chi connectivity index (χ4n) is 1.11. The average molecular weight is 170 g/mol. The van der Waals surface area contributed by atoms with Crippen LogP contribution in [0, 0.1) is 11.8 Å². The molecule has 0 spiro atoms. The molecule has 0 fully saturated rings. The third-order valence-electron chi connectivity index (χ3n) is 2.00. The highest BCUT2D eigenvalue weighted by Crippen LogP contribution is 2.15. The van der Waals surface area contributed by atoms with Crippen molar-refractivity contribution in [3.8, 4) is 0 Å². The Labute approximate surface area is 74.3 Å². The van der Waals surface area contributed by atoms with Gasteiger partial charge in [0.05, 0.1) is 6.10 Å². The van der Waals surface area contributed by atoms with E-state index in [2.05, 4.69) is 6.58 Å². The van der Waals surface area contributed by atoms with Gasteiger partial charge < -0.3 is 5.11 Å². The van der Waals surface area contributed by atoms with Gasteiger partial charge in [-0.3, -0.25) is 4.79 Å². The van der Waals surface area contributed by atoms with Gasteiger partial charge in [0.1, 0.15) is 5.78 Å². The zero-order valence-electron chi connectivity index (χ0n) is 8.29. The van der Waals surface area contributed by atoms with Gasteiger partial charge in [0.2, 0.25) is 0 Å². The number of carbonyl (C=O) groups is 1. The average Bonchev–Trinajstić information content (AvgIpc) is 2.00. The second kappa shape index (κ2) is 4.41. The summed E-state index contributed by atoms with van der Waals surface area (Å²) >= 11 is 0. The van der Waals surface area contributed by atoms with Crippen LogP contribution in [0.2, 0.25) is 0 Å². The standard InChI is InChI=1S/C10H18O2/c1-6(2)9(11)8(5)10(12)7(3)4/h7-9,11H,1H2,2-5H3. The number of carbonyl (C=O) groups excluding carboxylic acids is 1. The third-order valence-corrected chi connectivity index (χ3v) is 2.00. The van der Waals surface area contributed by atoms with Gasteiger partial charge in [-0.15, -0.1) is 0 Å². The van der Waals surface area contributed by atoms with Crippen LogP contribution < -0.4 is 0 Å². The SMILES string of the molecule is C=C(C)C(O)C(C)C(=O)C(C)C. The van der Waals surface area contributed by atoms with E-state index in [1.807, 2.05) is 13.8 Å². The van der Waals surface area contributed by atoms with Crippen LogP contribution in [0.5, 0.6) is 0 Å². The van der Waals surface area contributed by atoms with Gasteiger partial charge in [0.25, 0.3) is 0 Å². The molecule has 0 bridgehead atoms. The Morgan fingerprint density at radius 3 is 2.00 bits per heavy atom. The summed E-state index contributed by atoms with van der Waals surface area (Å²) in [5.41, 5.74) is 0.650. The first-order valence-corrected chi connectivity index (χ1v) is 4.25. The lowest BCUT2D eigenvalue weighted by atomic mass is 9.89. The highest BCUT2D eigenvalue weighted by Gasteiger charge is 2.23. The maximum Gasteiger partial charge on any atom is 0.141 e. The molecule has 0 heterocycles. The molecule has 0 aliphatic heterocycles. The molecule has 1 N–H and O–H groups in total. The van der Waals surface area contributed by atoms with Crippen molar-refractivity contribution in [1.29, 1.82) is 0 Å². The first-order chi connectivity index (χ1) is 5.37. The molecule has 0 aliphatic carbocycles. The number of hydrogen-bond acceptors (Lipinski definition) is 2. The number of aliphatic hydroxyl groups excluding tert-OH is 1. The molecule has 12 heavy (non-hydrogen) atoms. The smallest absolute Gasteiger partial charge is 0.141 e. The summed E-state index contributed by atoms with van der Waals surface area (Å²) in [6, 6.07) is 0. The minimum Gasteiger partial charge on any atom is -0.388 e. The lowest BCUT2D eigenvalue weighted by Crippen LogP contribution is -2.29. The van der Waals surface area contributed by atoms with E-state index in [-0.39, 0.29) is 17.6 Å². The molecule has 2 atom stereocenters. The summed E-state index contributed by atoms with van der Waals surface area (Å²) in [5.74, 6) is -0.262. The molecule has 0 amide bonds. The van der Waals surface area contributed by atoms with Crippen molar-refractivity contribution in [2.24, 2.45) is 11.8 Å². The monoisotopic (exact) mass is 170 g/mol. The molecular formula is C10H18O2. The third kappa shape index (κ3) is 2.78. The maximum atomic E-state index is 11.4. The number of aliphatic hydroxyl groups is 1. The van der Waals surface area contributed by atoms with E-state index in [0.29, 0.717) is 5.57 Å². The molecule has 0 aromatic rings. The van der Waals surface area contributed by atoms with E-state index >= 15 is 0 Å². The van der Waals surface area contributed by atoms with Gasteiger partial charge in [-0.2, -0.15) is 0 Å². The molecule has 0 radical (unpaired) electrons. The summed E-state index contributed by atoms with van der Waals surface area (Å²) in [4.78, 5) is 11.4. The summed E-state index contributed by atoms with van der Waals surface area (Å²) in [5, 5.41) is 9.49. The summed E-state index contributed by atoms with van der Waals surface area (Å²) < 4.78 is 0. The van der Waals surface area contributed by atoms with E-state index in [1.54, 1.807) is 13.8 Å². The van der Waals surface area contributed by atoms with Crippen LogP contribution in [0.3, 0.4) is 0 Å². The lowest BCUT2D eigenvalue weighted by Gasteiger charge is -2.19. The fraction of sp³-hybridized carbons (Fsp3) is 0.700. The van der Waals surface area contributed by atoms with Crippen molar-refractivity contribution in [2.45, 2.75) is 33.8 Å². The highest BCUT2D eigenvalue weighted by atomic mass is 16.3. The van der Waals surface area contributed by atoms with Gasteiger partial charge in [0.15, 0.2) is 0 Å². The summed E-state index contributed by atoms with van der Waals surface area (Å²) in [6.07, 6.45) is -0.695. The van der Waals surface area contributed by atoms with E-state index in [4.69, 9.17) is 0 Å². The van der Waals surface area contributed by atoms with Crippen molar-refractivity contribution in [2.75, 3.05) is 0 Å². The molecule has 0 rings (SSSR count). The molecule has 2 heteroatoms. The minimum absolute atomic E-state index is 0.0194. The van der Waals surface area contributed by atoms with Crippen LogP contribution >= 0.6 is 0 Å². The predicted octanol–water partition coefficient (Wildman–Crippen LogP) is 1.78. The summed E-state index contributed by atoms with van der Waals surface area (Å²) in [7, 11) is 0. The molecule has 2 unspecified atom stereocenters. The minimum atomic E-state index is -0.695. The molecule has 2 nitrogen and oxygen atoms in total. The molecular weight excluding hydrogens is 152 g/mol. The van der Waals surface area contributed by atoms with Crippen LogP contribution in [-0.4, -0.2) is 17.0 Å². The Morgan fingerprint density at radius 2 is 1.75 bits per heavy atom. The molecule has 0 aromatic heterocycles. The highest BCUT2D eigenvalue weighted by molar-refractivity contribution is 5.83. The van der Waals surface area contributed by atoms with Crippen molar-refractivity contribution in [3.05, 3.63) is 12.2 Å². The van der Waals surface area contributed by atoms with Crippen molar-refractivity contribution >= 4 is 5.78 Å². The lowest BCUT2D eigenvalue weighted by molar-refractivity contribution is -0.127. The first kappa shape index (κ1) is 11.4. The van der Waals surface area contributed by atoms with E-state index in [0.717, 1.165) is 0 Å². The molecule has 0 aliphatic rings. The van der Waals surface area contributed by atoms with Crippen molar-refractivity contribution in [3.63, 3.8) is 0 Å². The Hall–Kier alpha value is -0.630. The topological polar surface area (TPSA) is 37.3 Å². The second-order valence-electron chi connectivity index (χ2n) is 3.64. The van der Waals surface area contributed by atoms with Crippen molar-refractivity contribution in [1.82, 2.24) is 0 Å². The van der Waals surface area contributed by atoms with Crippen LogP contribution in [0.1, 0.15) is 27.7 Å². The Morgan fingerprint density at radius 1 is 1.33 bits per heavy atom. The fourth-order valence-corrected chi connectivity index (χ4v) is 1.11. The van der Waals surface area contributed by atoms with Crippen LogP contribution in [0.25, 0.3) is 0 Å². The first-order valence-electron chi connectivity index (χ1n) is 4.25. The predicted molar refractivity (Wildman–Crippen MR) is 49.8 cm³/mol. The zero-order chi connectivity index (χ0) is 9.89. The molecule has 0 saturated heterocycles. The second-order valence-corrected chi connectivity index (χ2v) is 3.64. The van der Waals surface area contributed by atoms with E-state index in [9.17, 15) is 9.90 Å². The quantitative estimate of drug-likeness (QED) is 0.653. The Bertz CT molecular complexity index is 182. The zero-order valence-corrected chi connectivity index (χ0v) is 8.29. The van der Waals surface area contributed by atoms with E-state index < -0.39 is 6.10 Å². The number of Topliss-reactive ketones (excluding diaryl/α,β-unsaturated/α-hetero) is 1. The van der Waals surface area contributed by atoms with E-state index in [1.165, 1.54) is 0 Å². The van der Waals surface area contributed by atoms with Crippen LogP contribution in [0.15, 0.2) is 12.2 Å². The van der Waals surface area contributed by atoms with Gasteiger partial charge in [-0.25, -0.2) is 0 Å². The molecule has 0 aromatic carbocycles. The Balaban J connectivity index is 4.29. The summed E-state index contributed by atoms with van der Waals surface area (Å²) in [6.45, 7) is 10.8. The van der Waals surface area contributed by atoms with Gasteiger partial charge in [0, 0.05) is 11.8 Å².